The second-order valence-corrected chi connectivity index (χ2v) is 8.31. The van der Waals surface area contributed by atoms with Gasteiger partial charge < -0.3 is 10.0 Å². The number of likely N-dealkylation sites (tertiary alicyclic amines) is 1. The molecule has 0 spiro atoms. The van der Waals surface area contributed by atoms with Crippen LogP contribution in [0.1, 0.15) is 53.5 Å². The summed E-state index contributed by atoms with van der Waals surface area (Å²) in [6.45, 7) is 4.92. The molecule has 2 atom stereocenters. The van der Waals surface area contributed by atoms with Crippen LogP contribution in [0.25, 0.3) is 5.69 Å². The van der Waals surface area contributed by atoms with Crippen molar-refractivity contribution in [2.24, 2.45) is 11.8 Å². The Balaban J connectivity index is 1.70. The van der Waals surface area contributed by atoms with E-state index in [0.29, 0.717) is 18.7 Å². The predicted octanol–water partition coefficient (Wildman–Crippen LogP) is 3.24. The number of rotatable bonds is 3. The van der Waals surface area contributed by atoms with Gasteiger partial charge in [0.1, 0.15) is 0 Å². The van der Waals surface area contributed by atoms with Crippen molar-refractivity contribution in [2.45, 2.75) is 46.0 Å². The lowest BCUT2D eigenvalue weighted by molar-refractivity contribution is -0.143. The van der Waals surface area contributed by atoms with Crippen LogP contribution >= 0.6 is 0 Å². The second-order valence-electron chi connectivity index (χ2n) is 8.31. The summed E-state index contributed by atoms with van der Waals surface area (Å²) in [7, 11) is 0. The number of carboxylic acids is 1. The molecular weight excluding hydrogens is 354 g/mol. The molecule has 0 radical (unpaired) electrons. The number of hydrogen-bond donors (Lipinski definition) is 1. The molecular formula is C22H27N3O3. The van der Waals surface area contributed by atoms with Gasteiger partial charge in [-0.25, -0.2) is 4.68 Å². The van der Waals surface area contributed by atoms with Crippen molar-refractivity contribution in [3.8, 4) is 5.69 Å². The number of aromatic nitrogens is 2. The molecule has 148 valence electrons. The maximum absolute atomic E-state index is 13.3. The topological polar surface area (TPSA) is 75.4 Å². The monoisotopic (exact) mass is 381 g/mol. The maximum atomic E-state index is 13.3. The SMILES string of the molecule is Cc1ccc(-n2nc(C(=O)N3CC(C)CC(C(=O)O)C3)c3c2CCCC3)cc1. The van der Waals surface area contributed by atoms with E-state index in [0.717, 1.165) is 42.6 Å². The number of aryl methyl sites for hydroxylation is 1. The van der Waals surface area contributed by atoms with E-state index in [4.69, 9.17) is 5.10 Å². The Morgan fingerprint density at radius 1 is 1.11 bits per heavy atom. The van der Waals surface area contributed by atoms with E-state index in [9.17, 15) is 14.7 Å². The molecule has 1 fully saturated rings. The summed E-state index contributed by atoms with van der Waals surface area (Å²) >= 11 is 0. The number of carbonyl (C=O) groups excluding carboxylic acids is 1. The number of aliphatic carboxylic acids is 1. The van der Waals surface area contributed by atoms with E-state index >= 15 is 0 Å². The average molecular weight is 381 g/mol. The van der Waals surface area contributed by atoms with Crippen molar-refractivity contribution in [1.29, 1.82) is 0 Å². The van der Waals surface area contributed by atoms with Crippen molar-refractivity contribution >= 4 is 11.9 Å². The maximum Gasteiger partial charge on any atom is 0.308 e. The fraction of sp³-hybridized carbons (Fsp3) is 0.500. The number of nitrogens with zero attached hydrogens (tertiary/aromatic N) is 3. The summed E-state index contributed by atoms with van der Waals surface area (Å²) < 4.78 is 1.92. The summed E-state index contributed by atoms with van der Waals surface area (Å²) in [5, 5.41) is 14.2. The lowest BCUT2D eigenvalue weighted by Crippen LogP contribution is -2.46. The third-order valence-electron chi connectivity index (χ3n) is 5.96. The van der Waals surface area contributed by atoms with Crippen LogP contribution in [0.5, 0.6) is 0 Å². The molecule has 2 heterocycles. The molecule has 1 aromatic carbocycles. The smallest absolute Gasteiger partial charge is 0.308 e. The summed E-state index contributed by atoms with van der Waals surface area (Å²) in [5.74, 6) is -1.27. The number of piperidine rings is 1. The van der Waals surface area contributed by atoms with Crippen molar-refractivity contribution in [3.63, 3.8) is 0 Å². The molecule has 6 heteroatoms. The van der Waals surface area contributed by atoms with Crippen LogP contribution in [0.15, 0.2) is 24.3 Å². The van der Waals surface area contributed by atoms with Crippen molar-refractivity contribution in [3.05, 3.63) is 46.8 Å². The van der Waals surface area contributed by atoms with Gasteiger partial charge in [-0.05, 0) is 57.1 Å². The summed E-state index contributed by atoms with van der Waals surface area (Å²) in [5.41, 5.74) is 4.83. The molecule has 28 heavy (non-hydrogen) atoms. The van der Waals surface area contributed by atoms with Crippen LogP contribution in [-0.4, -0.2) is 44.8 Å². The lowest BCUT2D eigenvalue weighted by Gasteiger charge is -2.34. The molecule has 1 N–H and O–H groups in total. The van der Waals surface area contributed by atoms with Crippen LogP contribution < -0.4 is 0 Å². The molecule has 1 saturated heterocycles. The first-order valence-corrected chi connectivity index (χ1v) is 10.1. The van der Waals surface area contributed by atoms with Crippen LogP contribution in [0.3, 0.4) is 0 Å². The molecule has 0 bridgehead atoms. The molecule has 2 aromatic rings. The molecule has 2 unspecified atom stereocenters. The van der Waals surface area contributed by atoms with Gasteiger partial charge >= 0.3 is 5.97 Å². The molecule has 1 aromatic heterocycles. The first kappa shape index (κ1) is 18.7. The zero-order valence-corrected chi connectivity index (χ0v) is 16.5. The van der Waals surface area contributed by atoms with Crippen LogP contribution in [0.4, 0.5) is 0 Å². The number of benzene rings is 1. The molecule has 1 amide bonds. The highest BCUT2D eigenvalue weighted by Crippen LogP contribution is 2.30. The molecule has 0 saturated carbocycles. The largest absolute Gasteiger partial charge is 0.481 e. The van der Waals surface area contributed by atoms with Crippen LogP contribution in [0.2, 0.25) is 0 Å². The van der Waals surface area contributed by atoms with Gasteiger partial charge in [0, 0.05) is 24.3 Å². The van der Waals surface area contributed by atoms with E-state index in [1.54, 1.807) is 4.90 Å². The summed E-state index contributed by atoms with van der Waals surface area (Å²) in [6, 6.07) is 8.18. The third kappa shape index (κ3) is 3.43. The highest BCUT2D eigenvalue weighted by molar-refractivity contribution is 5.94. The fourth-order valence-electron chi connectivity index (χ4n) is 4.52. The average Bonchev–Trinajstić information content (AvgIpc) is 3.07. The number of carbonyl (C=O) groups is 2. The van der Waals surface area contributed by atoms with Gasteiger partial charge in [0.05, 0.1) is 11.6 Å². The number of fused-ring (bicyclic) bond motifs is 1. The highest BCUT2D eigenvalue weighted by Gasteiger charge is 2.35. The second kappa shape index (κ2) is 7.41. The molecule has 2 aliphatic rings. The number of hydrogen-bond acceptors (Lipinski definition) is 3. The molecule has 4 rings (SSSR count). The minimum atomic E-state index is -0.823. The Labute approximate surface area is 165 Å². The molecule has 6 nitrogen and oxygen atoms in total. The van der Waals surface area contributed by atoms with E-state index < -0.39 is 11.9 Å². The van der Waals surface area contributed by atoms with Gasteiger partial charge in [-0.15, -0.1) is 0 Å². The Kier molecular flexibility index (Phi) is 4.96. The number of amides is 1. The lowest BCUT2D eigenvalue weighted by atomic mass is 9.89. The highest BCUT2D eigenvalue weighted by atomic mass is 16.4. The first-order chi connectivity index (χ1) is 13.4. The van der Waals surface area contributed by atoms with Gasteiger partial charge in [-0.1, -0.05) is 24.6 Å². The van der Waals surface area contributed by atoms with Gasteiger partial charge in [0.15, 0.2) is 5.69 Å². The Bertz CT molecular complexity index is 900. The Morgan fingerprint density at radius 2 is 1.82 bits per heavy atom. The van der Waals surface area contributed by atoms with Gasteiger partial charge in [0.2, 0.25) is 0 Å². The normalized spacial score (nSPS) is 22.0. The predicted molar refractivity (Wildman–Crippen MR) is 106 cm³/mol. The van der Waals surface area contributed by atoms with E-state index in [1.165, 1.54) is 5.56 Å². The van der Waals surface area contributed by atoms with Gasteiger partial charge in [-0.3, -0.25) is 9.59 Å². The summed E-state index contributed by atoms with van der Waals surface area (Å²) in [6.07, 6.45) is 4.54. The van der Waals surface area contributed by atoms with Gasteiger partial charge in [-0.2, -0.15) is 5.10 Å². The standard InChI is InChI=1S/C22H27N3O3/c1-14-7-9-17(10-8-14)25-19-6-4-3-5-18(19)20(23-25)21(26)24-12-15(2)11-16(13-24)22(27)28/h7-10,15-16H,3-6,11-13H2,1-2H3,(H,27,28). The van der Waals surface area contributed by atoms with E-state index in [-0.39, 0.29) is 18.4 Å². The quantitative estimate of drug-likeness (QED) is 0.886. The summed E-state index contributed by atoms with van der Waals surface area (Å²) in [4.78, 5) is 26.5. The first-order valence-electron chi connectivity index (χ1n) is 10.1. The van der Waals surface area contributed by atoms with Crippen molar-refractivity contribution in [2.75, 3.05) is 13.1 Å². The Hall–Kier alpha value is -2.63. The molecule has 1 aliphatic heterocycles. The molecule has 1 aliphatic carbocycles. The Morgan fingerprint density at radius 3 is 2.54 bits per heavy atom. The van der Waals surface area contributed by atoms with E-state index in [1.807, 2.05) is 30.7 Å². The zero-order chi connectivity index (χ0) is 19.8. The van der Waals surface area contributed by atoms with Crippen LogP contribution in [0, 0.1) is 18.8 Å². The van der Waals surface area contributed by atoms with E-state index in [2.05, 4.69) is 12.1 Å². The fourth-order valence-corrected chi connectivity index (χ4v) is 4.52. The minimum absolute atomic E-state index is 0.123. The third-order valence-corrected chi connectivity index (χ3v) is 5.96. The minimum Gasteiger partial charge on any atom is -0.481 e. The van der Waals surface area contributed by atoms with Gasteiger partial charge in [0.25, 0.3) is 5.91 Å². The van der Waals surface area contributed by atoms with Crippen LogP contribution in [-0.2, 0) is 17.6 Å². The van der Waals surface area contributed by atoms with Crippen molar-refractivity contribution < 1.29 is 14.7 Å². The van der Waals surface area contributed by atoms with Crippen molar-refractivity contribution in [1.82, 2.24) is 14.7 Å². The zero-order valence-electron chi connectivity index (χ0n) is 16.5. The number of carboxylic acid groups (broad SMARTS) is 1.